The van der Waals surface area contributed by atoms with Crippen LogP contribution in [0, 0.1) is 17.8 Å². The van der Waals surface area contributed by atoms with Crippen molar-refractivity contribution in [1.29, 1.82) is 0 Å². The van der Waals surface area contributed by atoms with Crippen molar-refractivity contribution < 1.29 is 34.1 Å². The number of rotatable bonds is 5. The van der Waals surface area contributed by atoms with E-state index in [-0.39, 0.29) is 58.1 Å². The molecule has 2 amide bonds. The molecule has 2 aromatic rings. The number of carbonyl (C=O) groups excluding carboxylic acids is 4. The number of allylic oxidation sites excluding steroid dienone is 6. The van der Waals surface area contributed by atoms with Crippen LogP contribution in [0.1, 0.15) is 29.9 Å². The Morgan fingerprint density at radius 1 is 1.00 bits per heavy atom. The molecule has 6 rings (SSSR count). The maximum absolute atomic E-state index is 13.8. The highest BCUT2D eigenvalue weighted by Crippen LogP contribution is 2.55. The first-order valence-corrected chi connectivity index (χ1v) is 13.9. The van der Waals surface area contributed by atoms with E-state index < -0.39 is 23.7 Å². The van der Waals surface area contributed by atoms with Crippen LogP contribution < -0.4 is 4.74 Å². The molecule has 0 bridgehead atoms. The monoisotopic (exact) mass is 603 g/mol. The molecular weight excluding hydrogens is 578 g/mol. The predicted molar refractivity (Wildman–Crippen MR) is 148 cm³/mol. The number of phenolic OH excluding ortho intramolecular Hbond substituents is 2. The number of phenols is 2. The minimum atomic E-state index is -0.643. The topological polar surface area (TPSA) is 121 Å². The molecule has 0 saturated carbocycles. The number of likely N-dealkylation sites (tertiary alicyclic amines) is 1. The van der Waals surface area contributed by atoms with E-state index >= 15 is 0 Å². The van der Waals surface area contributed by atoms with E-state index in [9.17, 15) is 29.4 Å². The molecule has 1 aliphatic heterocycles. The molecular formula is C31H26BrNO7. The van der Waals surface area contributed by atoms with Gasteiger partial charge in [0.2, 0.25) is 11.8 Å². The summed E-state index contributed by atoms with van der Waals surface area (Å²) in [6.45, 7) is 0.218. The van der Waals surface area contributed by atoms with Crippen LogP contribution in [0.2, 0.25) is 0 Å². The second-order valence-corrected chi connectivity index (χ2v) is 11.4. The first kappa shape index (κ1) is 26.3. The number of ketones is 2. The number of carbonyl (C=O) groups is 4. The van der Waals surface area contributed by atoms with E-state index in [2.05, 4.69) is 15.9 Å². The van der Waals surface area contributed by atoms with Gasteiger partial charge in [0.05, 0.1) is 23.4 Å². The highest BCUT2D eigenvalue weighted by atomic mass is 79.9. The molecule has 9 heteroatoms. The summed E-state index contributed by atoms with van der Waals surface area (Å²) in [5.41, 5.74) is 3.10. The number of ether oxygens (including phenoxy) is 1. The predicted octanol–water partition coefficient (Wildman–Crippen LogP) is 4.11. The zero-order chi connectivity index (χ0) is 28.3. The van der Waals surface area contributed by atoms with Crippen molar-refractivity contribution in [3.05, 3.63) is 86.9 Å². The number of nitrogens with zero attached hydrogens (tertiary/aromatic N) is 1. The second-order valence-electron chi connectivity index (χ2n) is 10.6. The van der Waals surface area contributed by atoms with Crippen LogP contribution in [0.5, 0.6) is 17.2 Å². The fourth-order valence-corrected chi connectivity index (χ4v) is 7.10. The number of imide groups is 1. The number of hydrogen-bond acceptors (Lipinski definition) is 7. The van der Waals surface area contributed by atoms with E-state index in [0.29, 0.717) is 29.6 Å². The molecule has 2 aromatic carbocycles. The van der Waals surface area contributed by atoms with E-state index in [1.165, 1.54) is 24.2 Å². The van der Waals surface area contributed by atoms with Crippen LogP contribution in [0.15, 0.2) is 75.8 Å². The largest absolute Gasteiger partial charge is 0.508 e. The summed E-state index contributed by atoms with van der Waals surface area (Å²) in [6, 6.07) is 11.5. The number of fused-ring (bicyclic) bond motifs is 3. The Bertz CT molecular complexity index is 1570. The van der Waals surface area contributed by atoms with Crippen molar-refractivity contribution in [2.75, 3.05) is 13.7 Å². The van der Waals surface area contributed by atoms with Crippen LogP contribution >= 0.6 is 15.9 Å². The number of halogens is 1. The SMILES string of the molecule is COc1cc(C2C3=CCC4C(=O)N(CCc5ccc(O)cc5)C(=O)C4C3CC3=C2C(=O)C=C(Br)C3=O)ccc1O. The van der Waals surface area contributed by atoms with Crippen LogP contribution in [0.25, 0.3) is 0 Å². The number of amides is 2. The fraction of sp³-hybridized carbons (Fsp3) is 0.290. The molecule has 1 saturated heterocycles. The van der Waals surface area contributed by atoms with Gasteiger partial charge in [-0.05, 0) is 76.5 Å². The van der Waals surface area contributed by atoms with Gasteiger partial charge in [-0.25, -0.2) is 0 Å². The fourth-order valence-electron chi connectivity index (χ4n) is 6.65. The van der Waals surface area contributed by atoms with E-state index in [4.69, 9.17) is 4.74 Å². The summed E-state index contributed by atoms with van der Waals surface area (Å²) >= 11 is 3.23. The molecule has 1 fully saturated rings. The third-order valence-electron chi connectivity index (χ3n) is 8.52. The van der Waals surface area contributed by atoms with Crippen LogP contribution in [0.3, 0.4) is 0 Å². The molecule has 8 nitrogen and oxygen atoms in total. The number of aromatic hydroxyl groups is 2. The Hall–Kier alpha value is -3.98. The van der Waals surface area contributed by atoms with E-state index in [0.717, 1.165) is 11.1 Å². The quantitative estimate of drug-likeness (QED) is 0.300. The molecule has 204 valence electrons. The van der Waals surface area contributed by atoms with Crippen molar-refractivity contribution in [3.63, 3.8) is 0 Å². The maximum Gasteiger partial charge on any atom is 0.233 e. The average molecular weight is 604 g/mol. The van der Waals surface area contributed by atoms with E-state index in [1.54, 1.807) is 36.4 Å². The number of Topliss-reactive ketones (excluding diaryl/α,β-unsaturated/α-hetero) is 1. The van der Waals surface area contributed by atoms with Gasteiger partial charge in [-0.1, -0.05) is 29.8 Å². The van der Waals surface area contributed by atoms with Gasteiger partial charge in [-0.3, -0.25) is 24.1 Å². The number of benzene rings is 2. The van der Waals surface area contributed by atoms with Crippen LogP contribution in [-0.4, -0.2) is 52.1 Å². The number of methoxy groups -OCH3 is 1. The first-order chi connectivity index (χ1) is 19.2. The minimum Gasteiger partial charge on any atom is -0.508 e. The molecule has 0 radical (unpaired) electrons. The van der Waals surface area contributed by atoms with E-state index in [1.807, 2.05) is 6.08 Å². The van der Waals surface area contributed by atoms with Crippen molar-refractivity contribution in [2.24, 2.45) is 17.8 Å². The van der Waals surface area contributed by atoms with Gasteiger partial charge in [-0.15, -0.1) is 0 Å². The molecule has 4 atom stereocenters. The Balaban J connectivity index is 1.39. The average Bonchev–Trinajstić information content (AvgIpc) is 3.19. The zero-order valence-corrected chi connectivity index (χ0v) is 23.2. The molecule has 0 spiro atoms. The maximum atomic E-state index is 13.8. The zero-order valence-electron chi connectivity index (χ0n) is 21.6. The van der Waals surface area contributed by atoms with Crippen molar-refractivity contribution in [1.82, 2.24) is 4.90 Å². The highest BCUT2D eigenvalue weighted by Gasteiger charge is 2.56. The van der Waals surface area contributed by atoms with Crippen molar-refractivity contribution >= 4 is 39.3 Å². The third kappa shape index (κ3) is 4.11. The summed E-state index contributed by atoms with van der Waals surface area (Å²) in [5.74, 6) is -2.99. The molecule has 3 aliphatic carbocycles. The lowest BCUT2D eigenvalue weighted by Crippen LogP contribution is -2.39. The Kier molecular flexibility index (Phi) is 6.49. The molecule has 0 aromatic heterocycles. The van der Waals surface area contributed by atoms with Crippen molar-refractivity contribution in [2.45, 2.75) is 25.2 Å². The summed E-state index contributed by atoms with van der Waals surface area (Å²) in [5, 5.41) is 19.8. The summed E-state index contributed by atoms with van der Waals surface area (Å²) in [6.07, 6.45) is 4.24. The Labute approximate surface area is 238 Å². The summed E-state index contributed by atoms with van der Waals surface area (Å²) < 4.78 is 5.49. The smallest absolute Gasteiger partial charge is 0.233 e. The molecule has 40 heavy (non-hydrogen) atoms. The summed E-state index contributed by atoms with van der Waals surface area (Å²) in [7, 11) is 1.43. The molecule has 2 N–H and O–H groups in total. The van der Waals surface area contributed by atoms with Gasteiger partial charge in [-0.2, -0.15) is 0 Å². The minimum absolute atomic E-state index is 0.0555. The number of hydrogen-bond donors (Lipinski definition) is 2. The second kappa shape index (κ2) is 9.89. The lowest BCUT2D eigenvalue weighted by Gasteiger charge is -2.42. The van der Waals surface area contributed by atoms with Gasteiger partial charge in [0.25, 0.3) is 0 Å². The Morgan fingerprint density at radius 3 is 2.48 bits per heavy atom. The molecule has 4 unspecified atom stereocenters. The van der Waals surface area contributed by atoms with Crippen molar-refractivity contribution in [3.8, 4) is 17.2 Å². The first-order valence-electron chi connectivity index (χ1n) is 13.1. The molecule has 1 heterocycles. The normalized spacial score (nSPS) is 25.8. The third-order valence-corrected chi connectivity index (χ3v) is 9.11. The van der Waals surface area contributed by atoms with Gasteiger partial charge < -0.3 is 14.9 Å². The highest BCUT2D eigenvalue weighted by molar-refractivity contribution is 9.12. The lowest BCUT2D eigenvalue weighted by molar-refractivity contribution is -0.140. The van der Waals surface area contributed by atoms with Gasteiger partial charge in [0, 0.05) is 29.7 Å². The standard InChI is InChI=1S/C31H26BrNO7/c1-40-25-12-16(4-9-23(25)35)26-18-7-8-19-27(20(18)13-21-28(26)24(36)14-22(32)29(21)37)31(39)33(30(19)38)11-10-15-2-5-17(34)6-3-15/h2-7,9,12,14,19-20,26-27,34-35H,8,10-11,13H2,1H3. The summed E-state index contributed by atoms with van der Waals surface area (Å²) in [4.78, 5) is 55.3. The van der Waals surface area contributed by atoms with Crippen LogP contribution in [0.4, 0.5) is 0 Å². The van der Waals surface area contributed by atoms with Gasteiger partial charge in [0.15, 0.2) is 23.1 Å². The molecule has 4 aliphatic rings. The Morgan fingerprint density at radius 2 is 1.75 bits per heavy atom. The van der Waals surface area contributed by atoms with Gasteiger partial charge >= 0.3 is 0 Å². The van der Waals surface area contributed by atoms with Gasteiger partial charge in [0.1, 0.15) is 5.75 Å². The lowest BCUT2D eigenvalue weighted by atomic mass is 9.59. The van der Waals surface area contributed by atoms with Crippen LogP contribution in [-0.2, 0) is 25.6 Å².